The van der Waals surface area contributed by atoms with Crippen LogP contribution in [0.25, 0.3) is 0 Å². The molecule has 0 spiro atoms. The smallest absolute Gasteiger partial charge is 0.242 e. The van der Waals surface area contributed by atoms with Crippen LogP contribution in [-0.2, 0) is 14.8 Å². The van der Waals surface area contributed by atoms with Gasteiger partial charge in [-0.25, -0.2) is 22.1 Å². The number of nitrogens with one attached hydrogen (secondary N) is 1. The Balaban J connectivity index is 1.53. The number of anilines is 2. The molecule has 1 fully saturated rings. The number of benzene rings is 1. The quantitative estimate of drug-likeness (QED) is 0.710. The van der Waals surface area contributed by atoms with E-state index in [1.807, 2.05) is 6.07 Å². The van der Waals surface area contributed by atoms with Crippen molar-refractivity contribution in [3.63, 3.8) is 0 Å². The fraction of sp³-hybridized carbons (Fsp3) is 0.400. The van der Waals surface area contributed by atoms with Crippen LogP contribution < -0.4 is 10.2 Å². The number of nitrogens with zero attached hydrogens (tertiary/aromatic N) is 3. The summed E-state index contributed by atoms with van der Waals surface area (Å²) in [4.78, 5) is 18.9. The van der Waals surface area contributed by atoms with Crippen LogP contribution in [0.1, 0.15) is 25.7 Å². The van der Waals surface area contributed by atoms with Crippen molar-refractivity contribution >= 4 is 27.4 Å². The molecule has 1 amide bonds. The lowest BCUT2D eigenvalue weighted by Crippen LogP contribution is -2.28. The highest BCUT2D eigenvalue weighted by Crippen LogP contribution is 2.26. The number of sulfonamides is 1. The Morgan fingerprint density at radius 3 is 2.59 bits per heavy atom. The van der Waals surface area contributed by atoms with Crippen molar-refractivity contribution in [2.24, 2.45) is 0 Å². The minimum atomic E-state index is -3.71. The molecule has 9 heteroatoms. The summed E-state index contributed by atoms with van der Waals surface area (Å²) in [6.07, 6.45) is 4.47. The van der Waals surface area contributed by atoms with Gasteiger partial charge < -0.3 is 10.2 Å². The van der Waals surface area contributed by atoms with Gasteiger partial charge in [0.15, 0.2) is 5.82 Å². The summed E-state index contributed by atoms with van der Waals surface area (Å²) in [6, 6.07) is 8.29. The molecule has 0 atom stereocenters. The SMILES string of the molecule is CN(CCCC(=O)Nc1cccnc1N1CCCC1)S(=O)(=O)c1ccc(F)cc1. The van der Waals surface area contributed by atoms with Gasteiger partial charge in [-0.1, -0.05) is 0 Å². The maximum atomic E-state index is 13.0. The standard InChI is InChI=1S/C20H25FN4O3S/c1-24(29(27,28)17-10-8-16(21)9-11-17)13-5-7-19(26)23-18-6-4-12-22-20(18)25-14-2-3-15-25/h4,6,8-12H,2-3,5,7,13-15H2,1H3,(H,23,26). The van der Waals surface area contributed by atoms with E-state index in [1.165, 1.54) is 23.5 Å². The van der Waals surface area contributed by atoms with Gasteiger partial charge >= 0.3 is 0 Å². The third kappa shape index (κ3) is 5.30. The van der Waals surface area contributed by atoms with Crippen molar-refractivity contribution in [2.45, 2.75) is 30.6 Å². The number of carbonyl (C=O) groups excluding carboxylic acids is 1. The molecule has 1 N–H and O–H groups in total. The van der Waals surface area contributed by atoms with Gasteiger partial charge in [0.25, 0.3) is 0 Å². The molecule has 1 aliphatic heterocycles. The molecule has 156 valence electrons. The summed E-state index contributed by atoms with van der Waals surface area (Å²) in [5.41, 5.74) is 0.673. The third-order valence-corrected chi connectivity index (χ3v) is 6.74. The van der Waals surface area contributed by atoms with E-state index in [-0.39, 0.29) is 23.8 Å². The normalized spacial score (nSPS) is 14.4. The number of carbonyl (C=O) groups is 1. The Kier molecular flexibility index (Phi) is 6.81. The number of hydrogen-bond donors (Lipinski definition) is 1. The molecule has 1 saturated heterocycles. The zero-order chi connectivity index (χ0) is 20.9. The average molecular weight is 421 g/mol. The fourth-order valence-corrected chi connectivity index (χ4v) is 4.47. The van der Waals surface area contributed by atoms with Crippen LogP contribution >= 0.6 is 0 Å². The van der Waals surface area contributed by atoms with Gasteiger partial charge in [0.1, 0.15) is 5.82 Å². The summed E-state index contributed by atoms with van der Waals surface area (Å²) in [7, 11) is -2.26. The number of halogens is 1. The van der Waals surface area contributed by atoms with Gasteiger partial charge in [-0.2, -0.15) is 0 Å². The Morgan fingerprint density at radius 1 is 1.21 bits per heavy atom. The highest BCUT2D eigenvalue weighted by atomic mass is 32.2. The van der Waals surface area contributed by atoms with E-state index in [1.54, 1.807) is 12.3 Å². The first kappa shape index (κ1) is 21.2. The molecule has 3 rings (SSSR count). The number of hydrogen-bond acceptors (Lipinski definition) is 5. The van der Waals surface area contributed by atoms with E-state index >= 15 is 0 Å². The fourth-order valence-electron chi connectivity index (χ4n) is 3.26. The van der Waals surface area contributed by atoms with Crippen molar-refractivity contribution in [3.8, 4) is 0 Å². The molecular formula is C20H25FN4O3S. The zero-order valence-corrected chi connectivity index (χ0v) is 17.2. The van der Waals surface area contributed by atoms with Crippen LogP contribution in [0.4, 0.5) is 15.9 Å². The zero-order valence-electron chi connectivity index (χ0n) is 16.3. The van der Waals surface area contributed by atoms with Crippen LogP contribution in [-0.4, -0.2) is 50.3 Å². The Labute approximate surface area is 170 Å². The molecular weight excluding hydrogens is 395 g/mol. The number of rotatable bonds is 8. The van der Waals surface area contributed by atoms with Gasteiger partial charge in [0.05, 0.1) is 10.6 Å². The van der Waals surface area contributed by atoms with Crippen molar-refractivity contribution in [1.82, 2.24) is 9.29 Å². The van der Waals surface area contributed by atoms with Gasteiger partial charge in [0, 0.05) is 39.3 Å². The second kappa shape index (κ2) is 9.32. The average Bonchev–Trinajstić information content (AvgIpc) is 3.23. The van der Waals surface area contributed by atoms with Crippen molar-refractivity contribution < 1.29 is 17.6 Å². The molecule has 0 unspecified atom stereocenters. The molecule has 0 aliphatic carbocycles. The van der Waals surface area contributed by atoms with Gasteiger partial charge in [-0.3, -0.25) is 4.79 Å². The number of amides is 1. The van der Waals surface area contributed by atoms with E-state index in [0.29, 0.717) is 12.1 Å². The minimum Gasteiger partial charge on any atom is -0.355 e. The molecule has 0 radical (unpaired) electrons. The summed E-state index contributed by atoms with van der Waals surface area (Å²) >= 11 is 0. The highest BCUT2D eigenvalue weighted by molar-refractivity contribution is 7.89. The molecule has 0 bridgehead atoms. The Bertz CT molecular complexity index is 944. The van der Waals surface area contributed by atoms with E-state index in [9.17, 15) is 17.6 Å². The molecule has 1 aromatic heterocycles. The molecule has 2 aromatic rings. The lowest BCUT2D eigenvalue weighted by Gasteiger charge is -2.20. The molecule has 1 aliphatic rings. The topological polar surface area (TPSA) is 82.6 Å². The maximum absolute atomic E-state index is 13.0. The van der Waals surface area contributed by atoms with Crippen LogP contribution in [0.2, 0.25) is 0 Å². The monoisotopic (exact) mass is 420 g/mol. The first-order valence-electron chi connectivity index (χ1n) is 9.59. The molecule has 1 aromatic carbocycles. The van der Waals surface area contributed by atoms with Crippen molar-refractivity contribution in [1.29, 1.82) is 0 Å². The first-order valence-corrected chi connectivity index (χ1v) is 11.0. The third-order valence-electron chi connectivity index (χ3n) is 4.87. The maximum Gasteiger partial charge on any atom is 0.242 e. The summed E-state index contributed by atoms with van der Waals surface area (Å²) in [5.74, 6) is 0.0901. The minimum absolute atomic E-state index is 0.0245. The van der Waals surface area contributed by atoms with Crippen LogP contribution in [0.15, 0.2) is 47.5 Å². The van der Waals surface area contributed by atoms with Crippen LogP contribution in [0.5, 0.6) is 0 Å². The van der Waals surface area contributed by atoms with Gasteiger partial charge in [-0.05, 0) is 55.7 Å². The summed E-state index contributed by atoms with van der Waals surface area (Å²) in [6.45, 7) is 2.02. The second-order valence-electron chi connectivity index (χ2n) is 7.00. The predicted molar refractivity (Wildman–Crippen MR) is 110 cm³/mol. The predicted octanol–water partition coefficient (Wildman–Crippen LogP) is 2.86. The van der Waals surface area contributed by atoms with Gasteiger partial charge in [-0.15, -0.1) is 0 Å². The largest absolute Gasteiger partial charge is 0.355 e. The number of pyridine rings is 1. The molecule has 7 nitrogen and oxygen atoms in total. The van der Waals surface area contributed by atoms with E-state index in [0.717, 1.165) is 43.9 Å². The van der Waals surface area contributed by atoms with Crippen LogP contribution in [0, 0.1) is 5.82 Å². The molecule has 29 heavy (non-hydrogen) atoms. The second-order valence-corrected chi connectivity index (χ2v) is 9.05. The van der Waals surface area contributed by atoms with Gasteiger partial charge in [0.2, 0.25) is 15.9 Å². The van der Waals surface area contributed by atoms with E-state index < -0.39 is 15.8 Å². The van der Waals surface area contributed by atoms with E-state index in [4.69, 9.17) is 0 Å². The Hall–Kier alpha value is -2.52. The summed E-state index contributed by atoms with van der Waals surface area (Å²) < 4.78 is 39.2. The first-order chi connectivity index (χ1) is 13.9. The van der Waals surface area contributed by atoms with Crippen molar-refractivity contribution in [3.05, 3.63) is 48.4 Å². The van der Waals surface area contributed by atoms with E-state index in [2.05, 4.69) is 15.2 Å². The Morgan fingerprint density at radius 2 is 1.90 bits per heavy atom. The van der Waals surface area contributed by atoms with Crippen LogP contribution in [0.3, 0.4) is 0 Å². The summed E-state index contributed by atoms with van der Waals surface area (Å²) in [5, 5.41) is 2.89. The molecule has 0 saturated carbocycles. The lowest BCUT2D eigenvalue weighted by molar-refractivity contribution is -0.116. The van der Waals surface area contributed by atoms with Crippen molar-refractivity contribution in [2.75, 3.05) is 36.9 Å². The molecule has 2 heterocycles. The number of aromatic nitrogens is 1. The lowest BCUT2D eigenvalue weighted by atomic mass is 10.2. The highest BCUT2D eigenvalue weighted by Gasteiger charge is 2.21.